The Morgan fingerprint density at radius 2 is 1.42 bits per heavy atom. The molecular formula is C28H27NO4. The second-order valence-electron chi connectivity index (χ2n) is 7.70. The number of benzene rings is 4. The fourth-order valence-electron chi connectivity index (χ4n) is 3.75. The van der Waals surface area contributed by atoms with Crippen LogP contribution < -0.4 is 14.2 Å². The maximum absolute atomic E-state index is 13.3. The van der Waals surface area contributed by atoms with Crippen molar-refractivity contribution >= 4 is 16.7 Å². The second kappa shape index (κ2) is 10.6. The van der Waals surface area contributed by atoms with E-state index in [1.165, 1.54) is 0 Å². The van der Waals surface area contributed by atoms with Crippen LogP contribution in [0.15, 0.2) is 91.0 Å². The van der Waals surface area contributed by atoms with Gasteiger partial charge in [0.05, 0.1) is 14.2 Å². The van der Waals surface area contributed by atoms with Crippen molar-refractivity contribution in [2.24, 2.45) is 0 Å². The molecule has 0 saturated carbocycles. The number of carbonyl (C=O) groups is 1. The molecule has 4 aromatic carbocycles. The maximum atomic E-state index is 13.3. The van der Waals surface area contributed by atoms with Gasteiger partial charge in [0.2, 0.25) is 0 Å². The fraction of sp³-hybridized carbons (Fsp3) is 0.179. The van der Waals surface area contributed by atoms with Crippen molar-refractivity contribution in [3.05, 3.63) is 102 Å². The molecule has 0 saturated heterocycles. The van der Waals surface area contributed by atoms with Crippen molar-refractivity contribution in [1.82, 2.24) is 4.90 Å². The SMILES string of the molecule is COc1ccc(CN(Cc2cccc3ccccc23)C(=O)COc2cccc(OC)c2)cc1. The van der Waals surface area contributed by atoms with Gasteiger partial charge in [-0.15, -0.1) is 0 Å². The van der Waals surface area contributed by atoms with E-state index in [-0.39, 0.29) is 12.5 Å². The first-order valence-electron chi connectivity index (χ1n) is 10.8. The van der Waals surface area contributed by atoms with E-state index in [1.807, 2.05) is 65.6 Å². The zero-order chi connectivity index (χ0) is 23.0. The van der Waals surface area contributed by atoms with Gasteiger partial charge in [-0.3, -0.25) is 4.79 Å². The molecule has 0 spiro atoms. The van der Waals surface area contributed by atoms with Gasteiger partial charge in [-0.05, 0) is 46.2 Å². The second-order valence-corrected chi connectivity index (χ2v) is 7.70. The lowest BCUT2D eigenvalue weighted by molar-refractivity contribution is -0.134. The minimum Gasteiger partial charge on any atom is -0.497 e. The van der Waals surface area contributed by atoms with Crippen LogP contribution in [0.5, 0.6) is 17.2 Å². The topological polar surface area (TPSA) is 48.0 Å². The van der Waals surface area contributed by atoms with E-state index >= 15 is 0 Å². The monoisotopic (exact) mass is 441 g/mol. The third-order valence-electron chi connectivity index (χ3n) is 5.53. The Morgan fingerprint density at radius 1 is 0.727 bits per heavy atom. The molecule has 0 aliphatic carbocycles. The smallest absolute Gasteiger partial charge is 0.261 e. The summed E-state index contributed by atoms with van der Waals surface area (Å²) >= 11 is 0. The number of carbonyl (C=O) groups excluding carboxylic acids is 1. The number of rotatable bonds is 9. The fourth-order valence-corrected chi connectivity index (χ4v) is 3.75. The summed E-state index contributed by atoms with van der Waals surface area (Å²) < 4.78 is 16.3. The summed E-state index contributed by atoms with van der Waals surface area (Å²) in [5.41, 5.74) is 2.11. The average molecular weight is 442 g/mol. The molecule has 4 aromatic rings. The number of ether oxygens (including phenoxy) is 3. The quantitative estimate of drug-likeness (QED) is 0.346. The van der Waals surface area contributed by atoms with Crippen molar-refractivity contribution in [2.45, 2.75) is 13.1 Å². The molecule has 0 aliphatic heterocycles. The number of nitrogens with zero attached hydrogens (tertiary/aromatic N) is 1. The van der Waals surface area contributed by atoms with E-state index in [0.29, 0.717) is 24.6 Å². The van der Waals surface area contributed by atoms with E-state index in [9.17, 15) is 4.79 Å². The lowest BCUT2D eigenvalue weighted by atomic mass is 10.0. The van der Waals surface area contributed by atoms with E-state index in [2.05, 4.69) is 24.3 Å². The lowest BCUT2D eigenvalue weighted by Crippen LogP contribution is -2.34. The van der Waals surface area contributed by atoms with Gasteiger partial charge < -0.3 is 19.1 Å². The predicted molar refractivity (Wildman–Crippen MR) is 130 cm³/mol. The number of methoxy groups -OCH3 is 2. The molecule has 0 unspecified atom stereocenters. The van der Waals surface area contributed by atoms with Crippen molar-refractivity contribution in [2.75, 3.05) is 20.8 Å². The van der Waals surface area contributed by atoms with Crippen LogP contribution in [0.4, 0.5) is 0 Å². The van der Waals surface area contributed by atoms with Crippen LogP contribution in [0, 0.1) is 0 Å². The summed E-state index contributed by atoms with van der Waals surface area (Å²) in [6.45, 7) is 0.884. The van der Waals surface area contributed by atoms with Gasteiger partial charge in [0, 0.05) is 19.2 Å². The summed E-state index contributed by atoms with van der Waals surface area (Å²) in [6.07, 6.45) is 0. The molecule has 0 fully saturated rings. The summed E-state index contributed by atoms with van der Waals surface area (Å²) in [5.74, 6) is 1.97. The molecule has 5 nitrogen and oxygen atoms in total. The molecule has 33 heavy (non-hydrogen) atoms. The predicted octanol–water partition coefficient (Wildman–Crippen LogP) is 5.46. The lowest BCUT2D eigenvalue weighted by Gasteiger charge is -2.24. The van der Waals surface area contributed by atoms with Gasteiger partial charge in [0.25, 0.3) is 5.91 Å². The number of amides is 1. The van der Waals surface area contributed by atoms with Gasteiger partial charge in [0.15, 0.2) is 6.61 Å². The third kappa shape index (κ3) is 5.63. The van der Waals surface area contributed by atoms with Crippen LogP contribution in [0.2, 0.25) is 0 Å². The summed E-state index contributed by atoms with van der Waals surface area (Å²) in [4.78, 5) is 15.1. The van der Waals surface area contributed by atoms with E-state index < -0.39 is 0 Å². The molecule has 4 rings (SSSR count). The summed E-state index contributed by atoms with van der Waals surface area (Å²) in [6, 6.07) is 29.4. The van der Waals surface area contributed by atoms with E-state index in [1.54, 1.807) is 20.3 Å². The van der Waals surface area contributed by atoms with Crippen LogP contribution in [0.3, 0.4) is 0 Å². The van der Waals surface area contributed by atoms with Gasteiger partial charge in [-0.2, -0.15) is 0 Å². The standard InChI is InChI=1S/C28H27NO4/c1-31-24-15-13-21(14-16-24)18-29(19-23-9-5-8-22-7-3-4-12-27(22)23)28(30)20-33-26-11-6-10-25(17-26)32-2/h3-17H,18-20H2,1-2H3. The Labute approximate surface area is 194 Å². The summed E-state index contributed by atoms with van der Waals surface area (Å²) in [5, 5.41) is 2.29. The molecule has 0 atom stereocenters. The van der Waals surface area contributed by atoms with Gasteiger partial charge in [-0.25, -0.2) is 0 Å². The minimum absolute atomic E-state index is 0.0614. The van der Waals surface area contributed by atoms with Crippen LogP contribution in [0.25, 0.3) is 10.8 Å². The highest BCUT2D eigenvalue weighted by Crippen LogP contribution is 2.23. The first-order valence-corrected chi connectivity index (χ1v) is 10.8. The van der Waals surface area contributed by atoms with E-state index in [4.69, 9.17) is 14.2 Å². The maximum Gasteiger partial charge on any atom is 0.261 e. The Bertz CT molecular complexity index is 1210. The van der Waals surface area contributed by atoms with E-state index in [0.717, 1.165) is 27.6 Å². The number of hydrogen-bond acceptors (Lipinski definition) is 4. The first kappa shape index (κ1) is 22.2. The third-order valence-corrected chi connectivity index (χ3v) is 5.53. The molecule has 0 bridgehead atoms. The largest absolute Gasteiger partial charge is 0.497 e. The minimum atomic E-state index is -0.0958. The van der Waals surface area contributed by atoms with Crippen molar-refractivity contribution in [3.8, 4) is 17.2 Å². The number of hydrogen-bond donors (Lipinski definition) is 0. The Hall–Kier alpha value is -3.99. The van der Waals surface area contributed by atoms with Crippen LogP contribution in [-0.2, 0) is 17.9 Å². The molecule has 0 aromatic heterocycles. The van der Waals surface area contributed by atoms with Crippen LogP contribution in [0.1, 0.15) is 11.1 Å². The van der Waals surface area contributed by atoms with Crippen molar-refractivity contribution in [1.29, 1.82) is 0 Å². The Balaban J connectivity index is 1.56. The van der Waals surface area contributed by atoms with Crippen molar-refractivity contribution in [3.63, 3.8) is 0 Å². The highest BCUT2D eigenvalue weighted by molar-refractivity contribution is 5.86. The zero-order valence-corrected chi connectivity index (χ0v) is 18.9. The molecule has 1 amide bonds. The van der Waals surface area contributed by atoms with Crippen LogP contribution >= 0.6 is 0 Å². The molecule has 0 aliphatic rings. The first-order chi connectivity index (χ1) is 16.2. The molecule has 168 valence electrons. The van der Waals surface area contributed by atoms with Crippen molar-refractivity contribution < 1.29 is 19.0 Å². The molecule has 5 heteroatoms. The highest BCUT2D eigenvalue weighted by Gasteiger charge is 2.17. The normalized spacial score (nSPS) is 10.6. The molecular weight excluding hydrogens is 414 g/mol. The van der Waals surface area contributed by atoms with Gasteiger partial charge in [0.1, 0.15) is 17.2 Å². The molecule has 0 radical (unpaired) electrons. The Kier molecular flexibility index (Phi) is 7.10. The number of fused-ring (bicyclic) bond motifs is 1. The Morgan fingerprint density at radius 3 is 2.21 bits per heavy atom. The molecule has 0 heterocycles. The summed E-state index contributed by atoms with van der Waals surface area (Å²) in [7, 11) is 3.24. The zero-order valence-electron chi connectivity index (χ0n) is 18.9. The van der Waals surface area contributed by atoms with Crippen LogP contribution in [-0.4, -0.2) is 31.6 Å². The van der Waals surface area contributed by atoms with Gasteiger partial charge in [-0.1, -0.05) is 60.7 Å². The van der Waals surface area contributed by atoms with Gasteiger partial charge >= 0.3 is 0 Å². The molecule has 0 N–H and O–H groups in total. The highest BCUT2D eigenvalue weighted by atomic mass is 16.5. The average Bonchev–Trinajstić information content (AvgIpc) is 2.87.